The molecule has 3 aromatic rings. The average molecular weight is 460 g/mol. The summed E-state index contributed by atoms with van der Waals surface area (Å²) in [6.07, 6.45) is 0. The molecule has 0 saturated carbocycles. The molecule has 2 heterocycles. The number of carbonyl (C=O) groups excluding carboxylic acids is 1. The van der Waals surface area contributed by atoms with Gasteiger partial charge in [-0.2, -0.15) is 0 Å². The molecule has 0 spiro atoms. The van der Waals surface area contributed by atoms with E-state index >= 15 is 0 Å². The van der Waals surface area contributed by atoms with Gasteiger partial charge in [0.15, 0.2) is 10.0 Å². The number of carbonyl (C=O) groups is 1. The van der Waals surface area contributed by atoms with E-state index in [1.165, 1.54) is 32.6 Å². The molecule has 0 fully saturated rings. The number of hydrogen-bond donors (Lipinski definition) is 2. The molecule has 0 bridgehead atoms. The third kappa shape index (κ3) is 5.65. The standard InChI is InChI=1S/C21H25N5O3S2/c1-13(2)9-25(16(27)12-31-21-23-14(3)11-30-21)17-18(22)26(20(29)24-19(17)28)10-15-7-5-4-6-8-15/h4-8,11,13H,9-10,12,22H2,1-3H3,(H,24,28,29). The molecular weight excluding hydrogens is 434 g/mol. The monoisotopic (exact) mass is 459 g/mol. The maximum absolute atomic E-state index is 13.1. The second-order valence-corrected chi connectivity index (χ2v) is 9.59. The fraction of sp³-hybridized carbons (Fsp3) is 0.333. The van der Waals surface area contributed by atoms with Crippen molar-refractivity contribution in [3.05, 3.63) is 67.8 Å². The summed E-state index contributed by atoms with van der Waals surface area (Å²) in [5.74, 6) is -0.101. The first-order valence-electron chi connectivity index (χ1n) is 9.78. The molecule has 1 amide bonds. The number of nitrogens with one attached hydrogen (secondary N) is 1. The highest BCUT2D eigenvalue weighted by Gasteiger charge is 2.25. The molecule has 3 rings (SSSR count). The van der Waals surface area contributed by atoms with Crippen LogP contribution < -0.4 is 21.9 Å². The molecular formula is C21H25N5O3S2. The molecule has 10 heteroatoms. The lowest BCUT2D eigenvalue weighted by atomic mass is 10.2. The fourth-order valence-corrected chi connectivity index (χ4v) is 4.77. The molecule has 2 aromatic heterocycles. The lowest BCUT2D eigenvalue weighted by molar-refractivity contribution is -0.116. The molecule has 1 aromatic carbocycles. The van der Waals surface area contributed by atoms with Crippen LogP contribution in [0.4, 0.5) is 11.5 Å². The van der Waals surface area contributed by atoms with Crippen LogP contribution in [0.15, 0.2) is 49.6 Å². The van der Waals surface area contributed by atoms with Crippen molar-refractivity contribution in [3.63, 3.8) is 0 Å². The summed E-state index contributed by atoms with van der Waals surface area (Å²) in [5.41, 5.74) is 6.76. The first-order valence-corrected chi connectivity index (χ1v) is 11.6. The Morgan fingerprint density at radius 3 is 2.61 bits per heavy atom. The number of aryl methyl sites for hydroxylation is 1. The number of nitrogens with zero attached hydrogens (tertiary/aromatic N) is 3. The number of benzene rings is 1. The number of nitrogen functional groups attached to an aromatic ring is 1. The maximum Gasteiger partial charge on any atom is 0.330 e. The normalized spacial score (nSPS) is 11.1. The topological polar surface area (TPSA) is 114 Å². The molecule has 31 heavy (non-hydrogen) atoms. The molecule has 3 N–H and O–H groups in total. The van der Waals surface area contributed by atoms with Gasteiger partial charge in [0.25, 0.3) is 5.56 Å². The molecule has 164 valence electrons. The van der Waals surface area contributed by atoms with Crippen LogP contribution in [0.2, 0.25) is 0 Å². The largest absolute Gasteiger partial charge is 0.383 e. The maximum atomic E-state index is 13.1. The Bertz CT molecular complexity index is 1170. The van der Waals surface area contributed by atoms with Gasteiger partial charge < -0.3 is 10.6 Å². The minimum atomic E-state index is -0.670. The Balaban J connectivity index is 1.96. The molecule has 0 saturated heterocycles. The molecule has 0 unspecified atom stereocenters. The van der Waals surface area contributed by atoms with Gasteiger partial charge in [0, 0.05) is 17.6 Å². The van der Waals surface area contributed by atoms with E-state index in [0.29, 0.717) is 6.54 Å². The first kappa shape index (κ1) is 22.8. The summed E-state index contributed by atoms with van der Waals surface area (Å²) in [6, 6.07) is 9.31. The van der Waals surface area contributed by atoms with Crippen LogP contribution in [0.5, 0.6) is 0 Å². The van der Waals surface area contributed by atoms with Crippen LogP contribution in [0.1, 0.15) is 25.1 Å². The molecule has 0 aliphatic rings. The van der Waals surface area contributed by atoms with Crippen molar-refractivity contribution < 1.29 is 4.79 Å². The number of thioether (sulfide) groups is 1. The van der Waals surface area contributed by atoms with Crippen LogP contribution in [0.25, 0.3) is 0 Å². The zero-order valence-electron chi connectivity index (χ0n) is 17.6. The molecule has 0 radical (unpaired) electrons. The van der Waals surface area contributed by atoms with Gasteiger partial charge in [0.05, 0.1) is 12.3 Å². The zero-order valence-corrected chi connectivity index (χ0v) is 19.3. The van der Waals surface area contributed by atoms with Crippen LogP contribution in [-0.2, 0) is 11.3 Å². The van der Waals surface area contributed by atoms with E-state index in [1.54, 1.807) is 0 Å². The van der Waals surface area contributed by atoms with Crippen LogP contribution in [0, 0.1) is 12.8 Å². The third-order valence-corrected chi connectivity index (χ3v) is 6.56. The van der Waals surface area contributed by atoms with E-state index in [0.717, 1.165) is 15.6 Å². The van der Waals surface area contributed by atoms with E-state index in [2.05, 4.69) is 9.97 Å². The number of aromatic nitrogens is 3. The number of thiazole rings is 1. The molecule has 0 aliphatic heterocycles. The summed E-state index contributed by atoms with van der Waals surface area (Å²) >= 11 is 2.78. The Morgan fingerprint density at radius 1 is 1.29 bits per heavy atom. The number of hydrogen-bond acceptors (Lipinski definition) is 7. The van der Waals surface area contributed by atoms with Crippen molar-refractivity contribution in [2.45, 2.75) is 31.7 Å². The summed E-state index contributed by atoms with van der Waals surface area (Å²) in [6.45, 7) is 6.27. The summed E-state index contributed by atoms with van der Waals surface area (Å²) < 4.78 is 2.07. The van der Waals surface area contributed by atoms with Crippen LogP contribution in [0.3, 0.4) is 0 Å². The minimum absolute atomic E-state index is 0.00477. The second kappa shape index (κ2) is 9.97. The molecule has 0 aliphatic carbocycles. The molecule has 8 nitrogen and oxygen atoms in total. The third-order valence-electron chi connectivity index (χ3n) is 4.43. The van der Waals surface area contributed by atoms with Gasteiger partial charge in [-0.05, 0) is 18.4 Å². The quantitative estimate of drug-likeness (QED) is 0.501. The Kier molecular flexibility index (Phi) is 7.34. The zero-order chi connectivity index (χ0) is 22.5. The van der Waals surface area contributed by atoms with Crippen LogP contribution >= 0.6 is 23.1 Å². The Labute approximate surface area is 188 Å². The minimum Gasteiger partial charge on any atom is -0.383 e. The van der Waals surface area contributed by atoms with Crippen molar-refractivity contribution in [1.29, 1.82) is 0 Å². The highest BCUT2D eigenvalue weighted by Crippen LogP contribution is 2.25. The van der Waals surface area contributed by atoms with Gasteiger partial charge in [-0.3, -0.25) is 19.1 Å². The summed E-state index contributed by atoms with van der Waals surface area (Å²) in [4.78, 5) is 46.3. The number of aromatic amines is 1. The predicted octanol–water partition coefficient (Wildman–Crippen LogP) is 2.71. The smallest absolute Gasteiger partial charge is 0.330 e. The number of amides is 1. The van der Waals surface area contributed by atoms with E-state index in [1.807, 2.05) is 56.5 Å². The fourth-order valence-electron chi connectivity index (χ4n) is 3.04. The van der Waals surface area contributed by atoms with E-state index in [-0.39, 0.29) is 35.6 Å². The Hall–Kier alpha value is -2.85. The first-order chi connectivity index (χ1) is 14.8. The predicted molar refractivity (Wildman–Crippen MR) is 126 cm³/mol. The highest BCUT2D eigenvalue weighted by atomic mass is 32.2. The van der Waals surface area contributed by atoms with Gasteiger partial charge in [-0.25, -0.2) is 9.78 Å². The SMILES string of the molecule is Cc1csc(SCC(=O)N(CC(C)C)c2c(N)n(Cc3ccccc3)c(=O)[nH]c2=O)n1. The average Bonchev–Trinajstić information content (AvgIpc) is 3.14. The van der Waals surface area contributed by atoms with Gasteiger partial charge in [0.2, 0.25) is 5.91 Å². The van der Waals surface area contributed by atoms with Gasteiger partial charge >= 0.3 is 5.69 Å². The van der Waals surface area contributed by atoms with Crippen molar-refractivity contribution in [1.82, 2.24) is 14.5 Å². The summed E-state index contributed by atoms with van der Waals surface area (Å²) in [5, 5.41) is 1.92. The lowest BCUT2D eigenvalue weighted by Gasteiger charge is -2.26. The van der Waals surface area contributed by atoms with Gasteiger partial charge in [-0.15, -0.1) is 11.3 Å². The van der Waals surface area contributed by atoms with Gasteiger partial charge in [-0.1, -0.05) is 55.9 Å². The van der Waals surface area contributed by atoms with E-state index in [4.69, 9.17) is 5.73 Å². The van der Waals surface area contributed by atoms with Crippen molar-refractivity contribution >= 4 is 40.5 Å². The number of H-pyrrole nitrogens is 1. The second-order valence-electron chi connectivity index (χ2n) is 7.51. The highest BCUT2D eigenvalue weighted by molar-refractivity contribution is 8.01. The number of rotatable bonds is 8. The van der Waals surface area contributed by atoms with E-state index < -0.39 is 11.2 Å². The van der Waals surface area contributed by atoms with Crippen molar-refractivity contribution in [3.8, 4) is 0 Å². The number of nitrogens with two attached hydrogens (primary N) is 1. The van der Waals surface area contributed by atoms with Gasteiger partial charge in [0.1, 0.15) is 5.82 Å². The van der Waals surface area contributed by atoms with Crippen LogP contribution in [-0.4, -0.2) is 32.7 Å². The lowest BCUT2D eigenvalue weighted by Crippen LogP contribution is -2.43. The molecule has 0 atom stereocenters. The van der Waals surface area contributed by atoms with Crippen molar-refractivity contribution in [2.24, 2.45) is 5.92 Å². The van der Waals surface area contributed by atoms with Crippen molar-refractivity contribution in [2.75, 3.05) is 22.9 Å². The number of anilines is 2. The summed E-state index contributed by atoms with van der Waals surface area (Å²) in [7, 11) is 0. The Morgan fingerprint density at radius 2 is 2.00 bits per heavy atom. The van der Waals surface area contributed by atoms with E-state index in [9.17, 15) is 14.4 Å².